The van der Waals surface area contributed by atoms with E-state index in [1.807, 2.05) is 0 Å². The van der Waals surface area contributed by atoms with Gasteiger partial charge in [-0.15, -0.1) is 0 Å². The first-order valence-corrected chi connectivity index (χ1v) is 6.63. The minimum absolute atomic E-state index is 0.239. The maximum Gasteiger partial charge on any atom is 0.318 e. The van der Waals surface area contributed by atoms with Crippen molar-refractivity contribution in [3.8, 4) is 5.75 Å². The molecule has 0 aliphatic carbocycles. The molecule has 0 spiro atoms. The SMILES string of the molecule is O=[N+]([O-])c1cc(S(=O)(=O)O)cc2c([N+](=O)[O-])c(O)ccc12. The molecule has 2 aromatic carbocycles. The zero-order chi connectivity index (χ0) is 15.9. The summed E-state index contributed by atoms with van der Waals surface area (Å²) in [5.74, 6) is -0.783. The van der Waals surface area contributed by atoms with Crippen molar-refractivity contribution in [2.45, 2.75) is 4.90 Å². The van der Waals surface area contributed by atoms with E-state index in [1.165, 1.54) is 0 Å². The van der Waals surface area contributed by atoms with Gasteiger partial charge in [0.1, 0.15) is 4.90 Å². The van der Waals surface area contributed by atoms with Gasteiger partial charge < -0.3 is 5.11 Å². The molecule has 110 valence electrons. The van der Waals surface area contributed by atoms with E-state index < -0.39 is 47.4 Å². The maximum absolute atomic E-state index is 11.1. The largest absolute Gasteiger partial charge is 0.502 e. The lowest BCUT2D eigenvalue weighted by molar-refractivity contribution is -0.385. The van der Waals surface area contributed by atoms with Crippen molar-refractivity contribution in [2.75, 3.05) is 0 Å². The number of non-ortho nitro benzene ring substituents is 1. The Morgan fingerprint density at radius 1 is 1.00 bits per heavy atom. The molecule has 0 aromatic heterocycles. The van der Waals surface area contributed by atoms with E-state index in [-0.39, 0.29) is 5.39 Å². The number of rotatable bonds is 3. The molecule has 0 saturated carbocycles. The summed E-state index contributed by atoms with van der Waals surface area (Å²) in [6.07, 6.45) is 0. The number of hydrogen-bond acceptors (Lipinski definition) is 7. The van der Waals surface area contributed by atoms with Crippen LogP contribution in [-0.4, -0.2) is 27.9 Å². The molecule has 2 N–H and O–H groups in total. The second-order valence-electron chi connectivity index (χ2n) is 3.96. The van der Waals surface area contributed by atoms with Crippen molar-refractivity contribution in [3.63, 3.8) is 0 Å². The third-order valence-corrected chi connectivity index (χ3v) is 3.55. The van der Waals surface area contributed by atoms with Gasteiger partial charge in [0.15, 0.2) is 5.75 Å². The number of benzene rings is 2. The van der Waals surface area contributed by atoms with Crippen molar-refractivity contribution < 1.29 is 27.9 Å². The van der Waals surface area contributed by atoms with Gasteiger partial charge in [-0.2, -0.15) is 8.42 Å². The number of phenolic OH excluding ortho intramolecular Hbond substituents is 1. The summed E-state index contributed by atoms with van der Waals surface area (Å²) in [7, 11) is -4.81. The quantitative estimate of drug-likeness (QED) is 0.490. The molecule has 0 unspecified atom stereocenters. The Morgan fingerprint density at radius 3 is 2.10 bits per heavy atom. The lowest BCUT2D eigenvalue weighted by Crippen LogP contribution is -2.01. The highest BCUT2D eigenvalue weighted by Gasteiger charge is 2.26. The standard InChI is InChI=1S/C10H6N2O8S/c13-9-2-1-6-7(10(9)12(16)17)3-5(21(18,19)20)4-8(6)11(14)15/h1-4,13H,(H,18,19,20). The van der Waals surface area contributed by atoms with Crippen molar-refractivity contribution in [1.82, 2.24) is 0 Å². The summed E-state index contributed by atoms with van der Waals surface area (Å²) in [6.45, 7) is 0. The van der Waals surface area contributed by atoms with E-state index in [0.717, 1.165) is 12.1 Å². The first-order chi connectivity index (χ1) is 9.62. The van der Waals surface area contributed by atoms with Gasteiger partial charge in [-0.25, -0.2) is 0 Å². The van der Waals surface area contributed by atoms with Crippen molar-refractivity contribution >= 4 is 32.3 Å². The van der Waals surface area contributed by atoms with Crippen molar-refractivity contribution in [3.05, 3.63) is 44.5 Å². The fraction of sp³-hybridized carbons (Fsp3) is 0. The number of nitro groups is 2. The van der Waals surface area contributed by atoms with E-state index in [2.05, 4.69) is 0 Å². The van der Waals surface area contributed by atoms with E-state index in [4.69, 9.17) is 4.55 Å². The second kappa shape index (κ2) is 4.64. The predicted molar refractivity (Wildman–Crippen MR) is 68.7 cm³/mol. The summed E-state index contributed by atoms with van der Waals surface area (Å²) < 4.78 is 31.2. The number of nitro benzene ring substituents is 2. The molecule has 0 amide bonds. The average molecular weight is 314 g/mol. The molecule has 0 fully saturated rings. The van der Waals surface area contributed by atoms with E-state index in [1.54, 1.807) is 0 Å². The molecule has 0 aliphatic rings. The average Bonchev–Trinajstić information content (AvgIpc) is 2.35. The highest BCUT2D eigenvalue weighted by atomic mass is 32.2. The van der Waals surface area contributed by atoms with Crippen LogP contribution in [0, 0.1) is 20.2 Å². The minimum atomic E-state index is -4.81. The fourth-order valence-corrected chi connectivity index (χ4v) is 2.38. The Morgan fingerprint density at radius 2 is 1.62 bits per heavy atom. The lowest BCUT2D eigenvalue weighted by Gasteiger charge is -2.05. The van der Waals surface area contributed by atoms with Crippen molar-refractivity contribution in [2.24, 2.45) is 0 Å². The second-order valence-corrected chi connectivity index (χ2v) is 5.38. The molecule has 2 aromatic rings. The highest BCUT2D eigenvalue weighted by Crippen LogP contribution is 2.39. The van der Waals surface area contributed by atoms with Crippen LogP contribution in [0.25, 0.3) is 10.8 Å². The number of nitrogens with zero attached hydrogens (tertiary/aromatic N) is 2. The fourth-order valence-electron chi connectivity index (χ4n) is 1.85. The van der Waals surface area contributed by atoms with Gasteiger partial charge in [0.2, 0.25) is 0 Å². The molecule has 0 atom stereocenters. The van der Waals surface area contributed by atoms with Crippen LogP contribution >= 0.6 is 0 Å². The van der Waals surface area contributed by atoms with E-state index in [0.29, 0.717) is 12.1 Å². The number of phenols is 1. The molecule has 0 aliphatic heterocycles. The molecule has 0 radical (unpaired) electrons. The van der Waals surface area contributed by atoms with Gasteiger partial charge in [-0.1, -0.05) is 0 Å². The summed E-state index contributed by atoms with van der Waals surface area (Å²) >= 11 is 0. The van der Waals surface area contributed by atoms with Crippen LogP contribution in [0.3, 0.4) is 0 Å². The molecule has 10 nitrogen and oxygen atoms in total. The third kappa shape index (κ3) is 2.46. The smallest absolute Gasteiger partial charge is 0.318 e. The highest BCUT2D eigenvalue weighted by molar-refractivity contribution is 7.85. The van der Waals surface area contributed by atoms with E-state index >= 15 is 0 Å². The van der Waals surface area contributed by atoms with Crippen LogP contribution in [0.2, 0.25) is 0 Å². The Labute approximate surface area is 116 Å². The lowest BCUT2D eigenvalue weighted by atomic mass is 10.1. The molecular formula is C10H6N2O8S. The topological polar surface area (TPSA) is 161 Å². The summed E-state index contributed by atoms with van der Waals surface area (Å²) in [4.78, 5) is 19.1. The minimum Gasteiger partial charge on any atom is -0.502 e. The zero-order valence-corrected chi connectivity index (χ0v) is 10.8. The molecule has 2 rings (SSSR count). The first kappa shape index (κ1) is 14.6. The van der Waals surface area contributed by atoms with Crippen LogP contribution in [0.5, 0.6) is 5.75 Å². The molecule has 21 heavy (non-hydrogen) atoms. The molecular weight excluding hydrogens is 308 g/mol. The van der Waals surface area contributed by atoms with Crippen LogP contribution in [0.4, 0.5) is 11.4 Å². The Hall–Kier alpha value is -2.79. The van der Waals surface area contributed by atoms with Gasteiger partial charge >= 0.3 is 5.69 Å². The number of hydrogen-bond donors (Lipinski definition) is 2. The van der Waals surface area contributed by atoms with Crippen LogP contribution in [-0.2, 0) is 10.1 Å². The monoisotopic (exact) mass is 314 g/mol. The molecule has 11 heteroatoms. The summed E-state index contributed by atoms with van der Waals surface area (Å²) in [6, 6.07) is 3.21. The van der Waals surface area contributed by atoms with Gasteiger partial charge in [0.25, 0.3) is 15.8 Å². The number of aromatic hydroxyl groups is 1. The summed E-state index contributed by atoms with van der Waals surface area (Å²) in [5.41, 5.74) is -1.63. The zero-order valence-electron chi connectivity index (χ0n) is 9.96. The van der Waals surface area contributed by atoms with Crippen LogP contribution < -0.4 is 0 Å². The third-order valence-electron chi connectivity index (χ3n) is 2.71. The van der Waals surface area contributed by atoms with Crippen molar-refractivity contribution in [1.29, 1.82) is 0 Å². The van der Waals surface area contributed by atoms with Crippen LogP contribution in [0.1, 0.15) is 0 Å². The Bertz CT molecular complexity index is 890. The maximum atomic E-state index is 11.1. The summed E-state index contributed by atoms with van der Waals surface area (Å²) in [5, 5.41) is 30.7. The van der Waals surface area contributed by atoms with Gasteiger partial charge in [0.05, 0.1) is 20.6 Å². The van der Waals surface area contributed by atoms with Crippen LogP contribution in [0.15, 0.2) is 29.2 Å². The van der Waals surface area contributed by atoms with Gasteiger partial charge in [0, 0.05) is 6.07 Å². The normalized spacial score (nSPS) is 11.5. The first-order valence-electron chi connectivity index (χ1n) is 5.19. The van der Waals surface area contributed by atoms with Gasteiger partial charge in [-0.3, -0.25) is 24.8 Å². The van der Waals surface area contributed by atoms with Gasteiger partial charge in [-0.05, 0) is 18.2 Å². The Balaban J connectivity index is 3.08. The van der Waals surface area contributed by atoms with E-state index in [9.17, 15) is 33.8 Å². The number of fused-ring (bicyclic) bond motifs is 1. The molecule has 0 saturated heterocycles. The molecule has 0 bridgehead atoms. The predicted octanol–water partition coefficient (Wildman–Crippen LogP) is 1.61. The molecule has 0 heterocycles. The Kier molecular flexibility index (Phi) is 3.23.